The molecule has 4 aromatic rings. The van der Waals surface area contributed by atoms with Crippen LogP contribution in [0.5, 0.6) is 0 Å². The van der Waals surface area contributed by atoms with E-state index in [0.717, 1.165) is 66.1 Å². The Hall–Kier alpha value is -4.30. The molecular formula is C32H35N9OS. The van der Waals surface area contributed by atoms with Gasteiger partial charge in [-0.25, -0.2) is 15.0 Å². The van der Waals surface area contributed by atoms with Crippen LogP contribution in [0.3, 0.4) is 0 Å². The maximum atomic E-state index is 13.7. The van der Waals surface area contributed by atoms with Crippen LogP contribution in [-0.4, -0.2) is 59.2 Å². The molecule has 220 valence electrons. The third kappa shape index (κ3) is 7.03. The number of benzene rings is 1. The van der Waals surface area contributed by atoms with Crippen LogP contribution < -0.4 is 10.2 Å². The molecule has 1 amide bonds. The van der Waals surface area contributed by atoms with E-state index in [1.807, 2.05) is 48.1 Å². The Bertz CT molecular complexity index is 1570. The van der Waals surface area contributed by atoms with Crippen LogP contribution in [0, 0.1) is 17.2 Å². The second-order valence-electron chi connectivity index (χ2n) is 11.3. The zero-order valence-corrected chi connectivity index (χ0v) is 25.1. The molecule has 0 bridgehead atoms. The van der Waals surface area contributed by atoms with Gasteiger partial charge >= 0.3 is 0 Å². The monoisotopic (exact) mass is 593 g/mol. The second kappa shape index (κ2) is 13.3. The summed E-state index contributed by atoms with van der Waals surface area (Å²) in [4.78, 5) is 34.1. The number of carbonyl (C=O) groups excluding carboxylic acids is 1. The first-order valence-electron chi connectivity index (χ1n) is 14.8. The lowest BCUT2D eigenvalue weighted by Gasteiger charge is -2.36. The predicted molar refractivity (Wildman–Crippen MR) is 167 cm³/mol. The Kier molecular flexibility index (Phi) is 8.93. The molecule has 10 nitrogen and oxygen atoms in total. The van der Waals surface area contributed by atoms with Crippen molar-refractivity contribution in [1.82, 2.24) is 29.7 Å². The van der Waals surface area contributed by atoms with Crippen molar-refractivity contribution in [2.45, 2.75) is 57.0 Å². The standard InChI is InChI=1S/C32H35N9OS/c1-40-19-25(16-37-40)29-17-35-30(18-34-29)41(31(42)12-7-22-5-3-2-4-6-22)27-10-8-26(9-11-27)38-32-36-15-24(14-33)28(39-32)13-23-20-43-21-23/h2-6,15-19,23,26-27H,7-13,20-21H2,1H3,(H,36,38,39)/t26-,27-. The van der Waals surface area contributed by atoms with Gasteiger partial charge < -0.3 is 5.32 Å². The molecule has 1 saturated heterocycles. The molecule has 2 aliphatic rings. The van der Waals surface area contributed by atoms with Gasteiger partial charge in [-0.1, -0.05) is 30.3 Å². The van der Waals surface area contributed by atoms with E-state index in [1.165, 1.54) is 0 Å². The third-order valence-corrected chi connectivity index (χ3v) is 9.61. The van der Waals surface area contributed by atoms with Crippen molar-refractivity contribution in [2.75, 3.05) is 21.7 Å². The predicted octanol–water partition coefficient (Wildman–Crippen LogP) is 4.83. The number of hydrogen-bond donors (Lipinski definition) is 1. The third-order valence-electron chi connectivity index (χ3n) is 8.20. The summed E-state index contributed by atoms with van der Waals surface area (Å²) in [5.41, 5.74) is 4.14. The summed E-state index contributed by atoms with van der Waals surface area (Å²) >= 11 is 1.93. The van der Waals surface area contributed by atoms with Crippen molar-refractivity contribution in [1.29, 1.82) is 5.26 Å². The number of nitrogens with one attached hydrogen (secondary N) is 1. The lowest BCUT2D eigenvalue weighted by molar-refractivity contribution is -0.119. The molecule has 0 unspecified atom stereocenters. The molecule has 0 radical (unpaired) electrons. The quantitative estimate of drug-likeness (QED) is 0.275. The van der Waals surface area contributed by atoms with Crippen molar-refractivity contribution in [3.63, 3.8) is 0 Å². The molecule has 0 atom stereocenters. The van der Waals surface area contributed by atoms with E-state index in [1.54, 1.807) is 29.5 Å². The van der Waals surface area contributed by atoms with Gasteiger partial charge in [0.25, 0.3) is 0 Å². The summed E-state index contributed by atoms with van der Waals surface area (Å²) in [5, 5.41) is 17.3. The number of aryl methyl sites for hydroxylation is 2. The highest BCUT2D eigenvalue weighted by atomic mass is 32.2. The van der Waals surface area contributed by atoms with Gasteiger partial charge in [-0.15, -0.1) is 0 Å². The molecule has 1 aromatic carbocycles. The zero-order chi connectivity index (χ0) is 29.6. The van der Waals surface area contributed by atoms with E-state index in [-0.39, 0.29) is 18.0 Å². The highest BCUT2D eigenvalue weighted by Gasteiger charge is 2.31. The fourth-order valence-corrected chi connectivity index (χ4v) is 6.56. The van der Waals surface area contributed by atoms with Gasteiger partial charge in [0.2, 0.25) is 11.9 Å². The summed E-state index contributed by atoms with van der Waals surface area (Å²) in [7, 11) is 1.87. The number of nitrogens with zero attached hydrogens (tertiary/aromatic N) is 8. The van der Waals surface area contributed by atoms with Gasteiger partial charge in [-0.2, -0.15) is 22.1 Å². The average Bonchev–Trinajstić information content (AvgIpc) is 3.46. The van der Waals surface area contributed by atoms with Crippen LogP contribution in [0.25, 0.3) is 11.3 Å². The molecule has 6 rings (SSSR count). The minimum Gasteiger partial charge on any atom is -0.351 e. The molecule has 1 saturated carbocycles. The Morgan fingerprint density at radius 1 is 1.07 bits per heavy atom. The van der Waals surface area contributed by atoms with E-state index in [9.17, 15) is 10.1 Å². The molecule has 1 aliphatic carbocycles. The van der Waals surface area contributed by atoms with Gasteiger partial charge in [-0.05, 0) is 61.5 Å². The Morgan fingerprint density at radius 3 is 2.53 bits per heavy atom. The van der Waals surface area contributed by atoms with Crippen molar-refractivity contribution in [2.24, 2.45) is 13.0 Å². The Labute approximate surface area is 256 Å². The lowest BCUT2D eigenvalue weighted by atomic mass is 9.89. The number of amides is 1. The maximum absolute atomic E-state index is 13.7. The summed E-state index contributed by atoms with van der Waals surface area (Å²) in [6, 6.07) is 12.6. The molecule has 2 fully saturated rings. The largest absolute Gasteiger partial charge is 0.351 e. The smallest absolute Gasteiger partial charge is 0.228 e. The first kappa shape index (κ1) is 28.8. The normalized spacial score (nSPS) is 18.4. The van der Waals surface area contributed by atoms with Crippen LogP contribution in [0.2, 0.25) is 0 Å². The van der Waals surface area contributed by atoms with E-state index in [2.05, 4.69) is 38.6 Å². The van der Waals surface area contributed by atoms with Crippen molar-refractivity contribution in [3.8, 4) is 17.3 Å². The Morgan fingerprint density at radius 2 is 1.88 bits per heavy atom. The van der Waals surface area contributed by atoms with Crippen molar-refractivity contribution in [3.05, 3.63) is 78.1 Å². The summed E-state index contributed by atoms with van der Waals surface area (Å²) in [6.07, 6.45) is 14.0. The van der Waals surface area contributed by atoms with Crippen LogP contribution in [-0.2, 0) is 24.7 Å². The van der Waals surface area contributed by atoms with E-state index in [4.69, 9.17) is 9.97 Å². The first-order valence-corrected chi connectivity index (χ1v) is 16.0. The topological polar surface area (TPSA) is 126 Å². The summed E-state index contributed by atoms with van der Waals surface area (Å²) in [5.74, 6) is 4.05. The molecule has 0 spiro atoms. The minimum absolute atomic E-state index is 0.0217. The van der Waals surface area contributed by atoms with Gasteiger partial charge in [-0.3, -0.25) is 19.4 Å². The molecule has 1 aliphatic heterocycles. The van der Waals surface area contributed by atoms with Gasteiger partial charge in [0.15, 0.2) is 5.82 Å². The zero-order valence-electron chi connectivity index (χ0n) is 24.3. The maximum Gasteiger partial charge on any atom is 0.228 e. The highest BCUT2D eigenvalue weighted by Crippen LogP contribution is 2.31. The van der Waals surface area contributed by atoms with E-state index < -0.39 is 0 Å². The molecule has 1 N–H and O–H groups in total. The van der Waals surface area contributed by atoms with Gasteiger partial charge in [0.05, 0.1) is 41.7 Å². The molecule has 3 aromatic heterocycles. The molecular weight excluding hydrogens is 558 g/mol. The molecule has 43 heavy (non-hydrogen) atoms. The molecule has 4 heterocycles. The number of thioether (sulfide) groups is 1. The number of carbonyl (C=O) groups is 1. The highest BCUT2D eigenvalue weighted by molar-refractivity contribution is 8.00. The van der Waals surface area contributed by atoms with E-state index >= 15 is 0 Å². The fraction of sp³-hybridized carbons (Fsp3) is 0.406. The van der Waals surface area contributed by atoms with Gasteiger partial charge in [0, 0.05) is 37.3 Å². The fourth-order valence-electron chi connectivity index (χ4n) is 5.76. The van der Waals surface area contributed by atoms with Crippen molar-refractivity contribution < 1.29 is 4.79 Å². The summed E-state index contributed by atoms with van der Waals surface area (Å²) in [6.45, 7) is 0. The van der Waals surface area contributed by atoms with Crippen molar-refractivity contribution >= 4 is 29.4 Å². The number of aromatic nitrogens is 6. The van der Waals surface area contributed by atoms with Crippen LogP contribution >= 0.6 is 11.8 Å². The number of anilines is 2. The number of hydrogen-bond acceptors (Lipinski definition) is 9. The van der Waals surface area contributed by atoms with Gasteiger partial charge in [0.1, 0.15) is 6.07 Å². The Balaban J connectivity index is 1.14. The molecule has 11 heteroatoms. The summed E-state index contributed by atoms with van der Waals surface area (Å²) < 4.78 is 1.73. The SMILES string of the molecule is Cn1cc(-c2cnc(N(C(=O)CCc3ccccc3)[C@H]3CC[C@H](Nc4ncc(C#N)c(CC5CSC5)n4)CC3)cn2)cn1. The van der Waals surface area contributed by atoms with E-state index in [0.29, 0.717) is 36.1 Å². The second-order valence-corrected chi connectivity index (χ2v) is 12.4. The van der Waals surface area contributed by atoms with Crippen LogP contribution in [0.1, 0.15) is 48.9 Å². The number of rotatable bonds is 10. The average molecular weight is 594 g/mol. The van der Waals surface area contributed by atoms with Crippen LogP contribution in [0.4, 0.5) is 11.8 Å². The first-order chi connectivity index (χ1) is 21.1. The number of nitriles is 1. The minimum atomic E-state index is 0.0217. The van der Waals surface area contributed by atoms with Crippen LogP contribution in [0.15, 0.2) is 61.3 Å². The lowest BCUT2D eigenvalue weighted by Crippen LogP contribution is -2.45.